The van der Waals surface area contributed by atoms with Crippen molar-refractivity contribution in [3.63, 3.8) is 0 Å². The van der Waals surface area contributed by atoms with Crippen LogP contribution in [0.2, 0.25) is 0 Å². The van der Waals surface area contributed by atoms with E-state index in [9.17, 15) is 9.59 Å². The second kappa shape index (κ2) is 6.86. The van der Waals surface area contributed by atoms with Crippen LogP contribution >= 0.6 is 0 Å². The Morgan fingerprint density at radius 2 is 1.88 bits per heavy atom. The molecule has 9 nitrogen and oxygen atoms in total. The molecule has 4 heterocycles. The molecule has 2 fully saturated rings. The summed E-state index contributed by atoms with van der Waals surface area (Å²) >= 11 is 0. The highest BCUT2D eigenvalue weighted by Crippen LogP contribution is 2.31. The van der Waals surface area contributed by atoms with Crippen LogP contribution in [0.4, 0.5) is 4.79 Å². The number of amides is 3. The summed E-state index contributed by atoms with van der Waals surface area (Å²) < 4.78 is 7.84. The molecule has 0 aliphatic carbocycles. The van der Waals surface area contributed by atoms with Gasteiger partial charge in [-0.25, -0.2) is 9.48 Å². The molecule has 2 saturated heterocycles. The van der Waals surface area contributed by atoms with Gasteiger partial charge in [0.15, 0.2) is 0 Å². The van der Waals surface area contributed by atoms with Crippen molar-refractivity contribution in [1.29, 1.82) is 0 Å². The summed E-state index contributed by atoms with van der Waals surface area (Å²) in [6.07, 6.45) is 4.12. The third-order valence-corrected chi connectivity index (χ3v) is 5.74. The number of ether oxygens (including phenoxy) is 1. The summed E-state index contributed by atoms with van der Waals surface area (Å²) in [7, 11) is 3.52. The van der Waals surface area contributed by atoms with Crippen molar-refractivity contribution >= 4 is 11.9 Å². The monoisotopic (exact) mass is 362 g/mol. The van der Waals surface area contributed by atoms with E-state index in [1.54, 1.807) is 25.2 Å². The first-order chi connectivity index (χ1) is 12.5. The lowest BCUT2D eigenvalue weighted by atomic mass is 9.93. The Hall–Kier alpha value is -2.16. The molecule has 26 heavy (non-hydrogen) atoms. The van der Waals surface area contributed by atoms with Crippen LogP contribution < -0.4 is 0 Å². The van der Waals surface area contributed by atoms with E-state index in [0.717, 1.165) is 31.5 Å². The first-order valence-electron chi connectivity index (χ1n) is 9.30. The maximum Gasteiger partial charge on any atom is 0.319 e. The van der Waals surface area contributed by atoms with Crippen molar-refractivity contribution in [3.8, 4) is 0 Å². The molecule has 3 aliphatic rings. The number of carbonyl (C=O) groups excluding carboxylic acids is 2. The Kier molecular flexibility index (Phi) is 4.56. The summed E-state index contributed by atoms with van der Waals surface area (Å²) in [4.78, 5) is 30.4. The van der Waals surface area contributed by atoms with E-state index in [0.29, 0.717) is 26.2 Å². The fourth-order valence-corrected chi connectivity index (χ4v) is 4.24. The highest BCUT2D eigenvalue weighted by atomic mass is 16.5. The molecule has 0 radical (unpaired) electrons. The zero-order valence-electron chi connectivity index (χ0n) is 15.4. The zero-order chi connectivity index (χ0) is 18.3. The predicted molar refractivity (Wildman–Crippen MR) is 92.2 cm³/mol. The summed E-state index contributed by atoms with van der Waals surface area (Å²) in [5.41, 5.74) is 0.969. The molecule has 1 aromatic rings. The van der Waals surface area contributed by atoms with Crippen molar-refractivity contribution in [3.05, 3.63) is 11.9 Å². The van der Waals surface area contributed by atoms with E-state index >= 15 is 0 Å². The summed E-state index contributed by atoms with van der Waals surface area (Å²) in [6.45, 7) is 3.17. The van der Waals surface area contributed by atoms with Gasteiger partial charge in [-0.1, -0.05) is 5.21 Å². The average molecular weight is 362 g/mol. The molecule has 3 amide bonds. The molecule has 0 bridgehead atoms. The van der Waals surface area contributed by atoms with Crippen molar-refractivity contribution in [2.24, 2.45) is 5.92 Å². The van der Waals surface area contributed by atoms with Crippen LogP contribution in [0.1, 0.15) is 31.0 Å². The molecule has 3 aliphatic heterocycles. The topological polar surface area (TPSA) is 83.8 Å². The smallest absolute Gasteiger partial charge is 0.319 e. The van der Waals surface area contributed by atoms with Gasteiger partial charge in [-0.05, 0) is 19.3 Å². The number of hydrogen-bond acceptors (Lipinski definition) is 5. The summed E-state index contributed by atoms with van der Waals surface area (Å²) in [5, 5.41) is 8.17. The first-order valence-corrected chi connectivity index (χ1v) is 9.30. The van der Waals surface area contributed by atoms with Crippen molar-refractivity contribution in [1.82, 2.24) is 29.7 Å². The van der Waals surface area contributed by atoms with Crippen LogP contribution in [-0.2, 0) is 16.1 Å². The minimum Gasteiger partial charge on any atom is -0.370 e. The lowest BCUT2D eigenvalue weighted by Gasteiger charge is -2.42. The van der Waals surface area contributed by atoms with Gasteiger partial charge < -0.3 is 19.4 Å². The fraction of sp³-hybridized carbons (Fsp3) is 0.765. The van der Waals surface area contributed by atoms with Gasteiger partial charge in [0, 0.05) is 46.2 Å². The normalized spacial score (nSPS) is 26.2. The lowest BCUT2D eigenvalue weighted by molar-refractivity contribution is -0.143. The molecule has 0 N–H and O–H groups in total. The number of aromatic nitrogens is 3. The quantitative estimate of drug-likeness (QED) is 0.720. The molecule has 0 saturated carbocycles. The number of rotatable bonds is 1. The van der Waals surface area contributed by atoms with E-state index in [-0.39, 0.29) is 30.0 Å². The molecule has 4 rings (SSSR count). The molecule has 0 aromatic carbocycles. The van der Waals surface area contributed by atoms with Crippen LogP contribution in [0.5, 0.6) is 0 Å². The Balaban J connectivity index is 1.37. The SMILES string of the molecule is CN(C)C(=O)N1CCC(C(=O)N2CC[C@H]3OCc4cnnn4[C@H]3C2)CC1. The summed E-state index contributed by atoms with van der Waals surface area (Å²) in [5.74, 6) is 0.199. The predicted octanol–water partition coefficient (Wildman–Crippen LogP) is 0.344. The molecule has 1 aromatic heterocycles. The standard InChI is InChI=1S/C17H26N6O3/c1-20(2)17(25)21-6-3-12(4-7-21)16(24)22-8-5-15-14(10-22)23-13(11-26-15)9-18-19-23/h9,12,14-15H,3-8,10-11H2,1-2H3/t14-,15+/m0/s1. The average Bonchev–Trinajstić information content (AvgIpc) is 3.16. The molecule has 2 atom stereocenters. The third kappa shape index (κ3) is 3.04. The minimum absolute atomic E-state index is 0.00233. The maximum atomic E-state index is 13.0. The van der Waals surface area contributed by atoms with Crippen molar-refractivity contribution < 1.29 is 14.3 Å². The van der Waals surface area contributed by atoms with Crippen molar-refractivity contribution in [2.75, 3.05) is 40.3 Å². The molecular formula is C17H26N6O3. The van der Waals surface area contributed by atoms with Gasteiger partial charge in [-0.15, -0.1) is 5.10 Å². The van der Waals surface area contributed by atoms with Crippen LogP contribution in [0, 0.1) is 5.92 Å². The van der Waals surface area contributed by atoms with Gasteiger partial charge in [-0.3, -0.25) is 4.79 Å². The van der Waals surface area contributed by atoms with E-state index < -0.39 is 0 Å². The van der Waals surface area contributed by atoms with Crippen LogP contribution in [0.15, 0.2) is 6.20 Å². The van der Waals surface area contributed by atoms with Gasteiger partial charge in [0.2, 0.25) is 5.91 Å². The highest BCUT2D eigenvalue weighted by molar-refractivity contribution is 5.80. The largest absolute Gasteiger partial charge is 0.370 e. The molecule has 142 valence electrons. The molecular weight excluding hydrogens is 336 g/mol. The summed E-state index contributed by atoms with van der Waals surface area (Å²) in [6, 6.07) is 0.0733. The first kappa shape index (κ1) is 17.3. The Bertz CT molecular complexity index is 682. The second-order valence-corrected chi connectivity index (χ2v) is 7.60. The van der Waals surface area contributed by atoms with Crippen LogP contribution in [0.25, 0.3) is 0 Å². The Morgan fingerprint density at radius 1 is 1.15 bits per heavy atom. The molecule has 9 heteroatoms. The maximum absolute atomic E-state index is 13.0. The number of nitrogens with zero attached hydrogens (tertiary/aromatic N) is 6. The van der Waals surface area contributed by atoms with E-state index in [2.05, 4.69) is 10.3 Å². The Morgan fingerprint density at radius 3 is 2.62 bits per heavy atom. The van der Waals surface area contributed by atoms with E-state index in [1.807, 2.05) is 14.5 Å². The van der Waals surface area contributed by atoms with E-state index in [4.69, 9.17) is 4.74 Å². The zero-order valence-corrected chi connectivity index (χ0v) is 15.4. The number of urea groups is 1. The third-order valence-electron chi connectivity index (χ3n) is 5.74. The lowest BCUT2D eigenvalue weighted by Crippen LogP contribution is -2.53. The fourth-order valence-electron chi connectivity index (χ4n) is 4.24. The van der Waals surface area contributed by atoms with Crippen molar-refractivity contribution in [2.45, 2.75) is 38.0 Å². The Labute approximate surface area is 152 Å². The molecule has 0 unspecified atom stereocenters. The van der Waals surface area contributed by atoms with Gasteiger partial charge in [0.05, 0.1) is 30.6 Å². The van der Waals surface area contributed by atoms with Gasteiger partial charge in [0.25, 0.3) is 0 Å². The van der Waals surface area contributed by atoms with E-state index in [1.165, 1.54) is 0 Å². The highest BCUT2D eigenvalue weighted by Gasteiger charge is 2.40. The van der Waals surface area contributed by atoms with Gasteiger partial charge in [0.1, 0.15) is 0 Å². The number of hydrogen-bond donors (Lipinski definition) is 0. The molecule has 0 spiro atoms. The number of fused-ring (bicyclic) bond motifs is 3. The van der Waals surface area contributed by atoms with Gasteiger partial charge in [-0.2, -0.15) is 0 Å². The van der Waals surface area contributed by atoms with Crippen LogP contribution in [0.3, 0.4) is 0 Å². The number of likely N-dealkylation sites (tertiary alicyclic amines) is 2. The minimum atomic E-state index is -0.00233. The van der Waals surface area contributed by atoms with Gasteiger partial charge >= 0.3 is 6.03 Å². The van der Waals surface area contributed by atoms with Crippen LogP contribution in [-0.4, -0.2) is 88.0 Å². The number of carbonyl (C=O) groups is 2. The second-order valence-electron chi connectivity index (χ2n) is 7.60. The number of piperidine rings is 2.